The van der Waals surface area contributed by atoms with Crippen LogP contribution in [-0.2, 0) is 14.1 Å². The number of halogens is 1. The molecule has 1 amide bonds. The zero-order chi connectivity index (χ0) is 28.9. The van der Waals surface area contributed by atoms with Crippen molar-refractivity contribution >= 4 is 34.4 Å². The molecule has 208 valence electrons. The number of rotatable bonds is 7. The molecular weight excluding hydrogens is 534 g/mol. The zero-order valence-electron chi connectivity index (χ0n) is 23.0. The fraction of sp³-hybridized carbons (Fsp3) is 0.345. The predicted molar refractivity (Wildman–Crippen MR) is 152 cm³/mol. The molecule has 11 heteroatoms. The van der Waals surface area contributed by atoms with Crippen molar-refractivity contribution in [2.75, 3.05) is 13.1 Å². The van der Waals surface area contributed by atoms with Crippen LogP contribution in [0, 0.1) is 6.92 Å². The van der Waals surface area contributed by atoms with Gasteiger partial charge in [0.25, 0.3) is 5.56 Å². The first-order valence-electron chi connectivity index (χ1n) is 13.2. The van der Waals surface area contributed by atoms with E-state index in [2.05, 4.69) is 5.10 Å². The molecular formula is C29H30ClN5O5. The summed E-state index contributed by atoms with van der Waals surface area (Å²) in [5, 5.41) is 5.16. The second-order valence-electron chi connectivity index (χ2n) is 9.93. The number of benzene rings is 2. The number of fused-ring (bicyclic) bond motifs is 1. The van der Waals surface area contributed by atoms with Crippen LogP contribution >= 0.6 is 11.6 Å². The van der Waals surface area contributed by atoms with Gasteiger partial charge in [-0.25, -0.2) is 18.8 Å². The number of carbonyl (C=O) groups is 2. The zero-order valence-corrected chi connectivity index (χ0v) is 23.8. The van der Waals surface area contributed by atoms with Crippen LogP contribution in [0.4, 0.5) is 4.79 Å². The summed E-state index contributed by atoms with van der Waals surface area (Å²) in [6.45, 7) is 6.27. The van der Waals surface area contributed by atoms with Gasteiger partial charge in [-0.2, -0.15) is 5.10 Å². The summed E-state index contributed by atoms with van der Waals surface area (Å²) in [7, 11) is 3.21. The normalized spacial score (nSPS) is 13.1. The number of ether oxygens (including phenoxy) is 1. The van der Waals surface area contributed by atoms with Gasteiger partial charge in [0, 0.05) is 43.7 Å². The lowest BCUT2D eigenvalue weighted by Gasteiger charge is -2.18. The summed E-state index contributed by atoms with van der Waals surface area (Å²) in [6.07, 6.45) is 1.19. The molecule has 10 nitrogen and oxygen atoms in total. The molecule has 0 N–H and O–H groups in total. The van der Waals surface area contributed by atoms with E-state index in [1.165, 1.54) is 20.2 Å². The quantitative estimate of drug-likeness (QED) is 0.310. The average molecular weight is 564 g/mol. The van der Waals surface area contributed by atoms with Crippen molar-refractivity contribution in [2.24, 2.45) is 14.1 Å². The number of carbonyl (C=O) groups excluding carboxylic acids is 2. The summed E-state index contributed by atoms with van der Waals surface area (Å²) in [4.78, 5) is 55.6. The summed E-state index contributed by atoms with van der Waals surface area (Å²) >= 11 is 6.14. The van der Waals surface area contributed by atoms with Crippen LogP contribution in [0.25, 0.3) is 16.6 Å². The predicted octanol–water partition coefficient (Wildman–Crippen LogP) is 4.33. The van der Waals surface area contributed by atoms with Crippen LogP contribution in [-0.4, -0.2) is 48.8 Å². The lowest BCUT2D eigenvalue weighted by atomic mass is 9.95. The van der Waals surface area contributed by atoms with Crippen LogP contribution in [0.5, 0.6) is 5.88 Å². The topological polar surface area (TPSA) is 108 Å². The van der Waals surface area contributed by atoms with Gasteiger partial charge in [0.2, 0.25) is 11.7 Å². The van der Waals surface area contributed by atoms with Gasteiger partial charge < -0.3 is 9.64 Å². The Hall–Kier alpha value is -4.18. The Labute approximate surface area is 235 Å². The lowest BCUT2D eigenvalue weighted by molar-refractivity contribution is 0.103. The Balaban J connectivity index is 1.70. The first-order valence-corrected chi connectivity index (χ1v) is 13.6. The third kappa shape index (κ3) is 4.52. The van der Waals surface area contributed by atoms with Crippen LogP contribution in [0.15, 0.2) is 46.0 Å². The molecule has 1 fully saturated rings. The fourth-order valence-corrected chi connectivity index (χ4v) is 5.24. The number of hydrogen-bond donors (Lipinski definition) is 0. The lowest BCUT2D eigenvalue weighted by Crippen LogP contribution is -2.38. The maximum atomic E-state index is 14.2. The number of hydrogen-bond acceptors (Lipinski definition) is 6. The van der Waals surface area contributed by atoms with Crippen molar-refractivity contribution in [1.82, 2.24) is 23.8 Å². The molecule has 2 aromatic carbocycles. The van der Waals surface area contributed by atoms with E-state index in [1.807, 2.05) is 13.8 Å². The molecule has 1 aliphatic rings. The largest absolute Gasteiger partial charge is 0.416 e. The minimum Gasteiger partial charge on any atom is -0.391 e. The van der Waals surface area contributed by atoms with Crippen LogP contribution in [0.2, 0.25) is 5.02 Å². The van der Waals surface area contributed by atoms with Gasteiger partial charge in [0.15, 0.2) is 0 Å². The molecule has 2 aromatic heterocycles. The number of nitrogens with zero attached hydrogens (tertiary/aromatic N) is 5. The van der Waals surface area contributed by atoms with Gasteiger partial charge in [0.05, 0.1) is 22.3 Å². The van der Waals surface area contributed by atoms with Gasteiger partial charge in [-0.3, -0.25) is 14.2 Å². The third-order valence-corrected chi connectivity index (χ3v) is 7.66. The van der Waals surface area contributed by atoms with Gasteiger partial charge in [-0.05, 0) is 69.5 Å². The van der Waals surface area contributed by atoms with E-state index in [1.54, 1.807) is 51.4 Å². The second kappa shape index (κ2) is 10.4. The average Bonchev–Trinajstić information content (AvgIpc) is 3.72. The molecule has 0 radical (unpaired) electrons. The highest BCUT2D eigenvalue weighted by Gasteiger charge is 2.37. The van der Waals surface area contributed by atoms with Crippen molar-refractivity contribution in [3.8, 4) is 11.6 Å². The molecule has 40 heavy (non-hydrogen) atoms. The van der Waals surface area contributed by atoms with Crippen LogP contribution in [0.1, 0.15) is 59.8 Å². The number of ketones is 1. The van der Waals surface area contributed by atoms with Crippen LogP contribution in [0.3, 0.4) is 0 Å². The molecule has 2 heterocycles. The molecule has 0 saturated heterocycles. The first kappa shape index (κ1) is 27.4. The Kier molecular flexibility index (Phi) is 7.14. The van der Waals surface area contributed by atoms with Crippen molar-refractivity contribution in [3.05, 3.63) is 84.6 Å². The van der Waals surface area contributed by atoms with E-state index in [-0.39, 0.29) is 28.3 Å². The Morgan fingerprint density at radius 1 is 1.10 bits per heavy atom. The number of aryl methyl sites for hydroxylation is 3. The Bertz CT molecular complexity index is 1790. The highest BCUT2D eigenvalue weighted by atomic mass is 35.5. The minimum absolute atomic E-state index is 0.0695. The van der Waals surface area contributed by atoms with Crippen LogP contribution < -0.4 is 16.0 Å². The highest BCUT2D eigenvalue weighted by Crippen LogP contribution is 2.44. The SMILES string of the molecule is CCN(CC)C(=O)Oc1c(C(=O)c2ccc3c(c2C)c(=O)n(-c2cccc(Cl)c2)c(=O)n3C)c(C2CC2)nn1C. The molecule has 0 spiro atoms. The summed E-state index contributed by atoms with van der Waals surface area (Å²) in [5.74, 6) is -0.243. The third-order valence-electron chi connectivity index (χ3n) is 7.43. The summed E-state index contributed by atoms with van der Waals surface area (Å²) in [5.41, 5.74) is 1.08. The molecule has 0 aliphatic heterocycles. The van der Waals surface area contributed by atoms with Gasteiger partial charge in [-0.1, -0.05) is 17.7 Å². The van der Waals surface area contributed by atoms with E-state index in [9.17, 15) is 19.2 Å². The molecule has 0 atom stereocenters. The fourth-order valence-electron chi connectivity index (χ4n) is 5.05. The highest BCUT2D eigenvalue weighted by molar-refractivity contribution is 6.30. The summed E-state index contributed by atoms with van der Waals surface area (Å²) in [6, 6.07) is 9.66. The maximum Gasteiger partial charge on any atom is 0.416 e. The van der Waals surface area contributed by atoms with E-state index >= 15 is 0 Å². The minimum atomic E-state index is -0.570. The molecule has 0 unspecified atom stereocenters. The molecule has 5 rings (SSSR count). The van der Waals surface area contributed by atoms with Gasteiger partial charge in [0.1, 0.15) is 5.56 Å². The Morgan fingerprint density at radius 3 is 2.42 bits per heavy atom. The van der Waals surface area contributed by atoms with E-state index in [0.29, 0.717) is 40.6 Å². The van der Waals surface area contributed by atoms with Crippen molar-refractivity contribution < 1.29 is 14.3 Å². The van der Waals surface area contributed by atoms with E-state index in [4.69, 9.17) is 16.3 Å². The second-order valence-corrected chi connectivity index (χ2v) is 10.4. The smallest absolute Gasteiger partial charge is 0.391 e. The van der Waals surface area contributed by atoms with Gasteiger partial charge >= 0.3 is 11.8 Å². The first-order chi connectivity index (χ1) is 19.1. The van der Waals surface area contributed by atoms with E-state index in [0.717, 1.165) is 17.4 Å². The van der Waals surface area contributed by atoms with E-state index < -0.39 is 23.1 Å². The monoisotopic (exact) mass is 563 g/mol. The number of aromatic nitrogens is 4. The van der Waals surface area contributed by atoms with Crippen molar-refractivity contribution in [3.63, 3.8) is 0 Å². The Morgan fingerprint density at radius 2 is 1.80 bits per heavy atom. The van der Waals surface area contributed by atoms with Crippen molar-refractivity contribution in [1.29, 1.82) is 0 Å². The van der Waals surface area contributed by atoms with Gasteiger partial charge in [-0.15, -0.1) is 0 Å². The molecule has 1 aliphatic carbocycles. The standard InChI is InChI=1S/C29H30ClN5O5/c1-6-34(7-2)29(39)40-27-23(24(17-11-12-17)31-33(27)5)25(36)20-13-14-21-22(16(20)3)26(37)35(28(38)32(21)4)19-10-8-9-18(30)15-19/h8-10,13-15,17H,6-7,11-12H2,1-5H3. The molecule has 0 bridgehead atoms. The molecule has 4 aromatic rings. The summed E-state index contributed by atoms with van der Waals surface area (Å²) < 4.78 is 9.58. The maximum absolute atomic E-state index is 14.2. The molecule has 1 saturated carbocycles. The number of amides is 1. The van der Waals surface area contributed by atoms with Crippen molar-refractivity contribution in [2.45, 2.75) is 39.5 Å².